The van der Waals surface area contributed by atoms with E-state index >= 15 is 0 Å². The summed E-state index contributed by atoms with van der Waals surface area (Å²) in [6, 6.07) is 7.79. The number of furan rings is 1. The second-order valence-corrected chi connectivity index (χ2v) is 5.35. The molecule has 2 heterocycles. The van der Waals surface area contributed by atoms with Crippen LogP contribution < -0.4 is 5.32 Å². The number of rotatable bonds is 5. The van der Waals surface area contributed by atoms with Gasteiger partial charge in [0.15, 0.2) is 0 Å². The summed E-state index contributed by atoms with van der Waals surface area (Å²) in [5.41, 5.74) is 0. The van der Waals surface area contributed by atoms with E-state index in [0.29, 0.717) is 6.42 Å². The van der Waals surface area contributed by atoms with Crippen LogP contribution in [-0.2, 0) is 11.2 Å². The van der Waals surface area contributed by atoms with E-state index in [0.717, 1.165) is 17.9 Å². The minimum atomic E-state index is -0.0745. The van der Waals surface area contributed by atoms with Crippen LogP contribution in [0.4, 0.5) is 0 Å². The van der Waals surface area contributed by atoms with Crippen molar-refractivity contribution in [2.75, 3.05) is 0 Å². The molecule has 1 N–H and O–H groups in total. The summed E-state index contributed by atoms with van der Waals surface area (Å²) >= 11 is 1.68. The Bertz CT molecular complexity index is 502. The van der Waals surface area contributed by atoms with E-state index in [9.17, 15) is 4.79 Å². The smallest absolute Gasteiger partial charge is 0.220 e. The highest BCUT2D eigenvalue weighted by Gasteiger charge is 2.12. The van der Waals surface area contributed by atoms with Gasteiger partial charge in [0.05, 0.1) is 6.04 Å². The van der Waals surface area contributed by atoms with E-state index < -0.39 is 0 Å². The molecule has 0 saturated carbocycles. The van der Waals surface area contributed by atoms with Gasteiger partial charge < -0.3 is 9.73 Å². The Morgan fingerprint density at radius 2 is 2.28 bits per heavy atom. The van der Waals surface area contributed by atoms with Crippen LogP contribution in [0.25, 0.3) is 0 Å². The predicted molar refractivity (Wildman–Crippen MR) is 72.6 cm³/mol. The van der Waals surface area contributed by atoms with E-state index in [-0.39, 0.29) is 11.9 Å². The highest BCUT2D eigenvalue weighted by molar-refractivity contribution is 7.09. The molecule has 1 amide bonds. The molecule has 0 aliphatic heterocycles. The number of hydrogen-bond acceptors (Lipinski definition) is 3. The van der Waals surface area contributed by atoms with Gasteiger partial charge >= 0.3 is 0 Å². The highest BCUT2D eigenvalue weighted by Crippen LogP contribution is 2.16. The number of carbonyl (C=O) groups is 1. The quantitative estimate of drug-likeness (QED) is 0.897. The maximum Gasteiger partial charge on any atom is 0.220 e. The molecule has 2 aromatic heterocycles. The lowest BCUT2D eigenvalue weighted by Crippen LogP contribution is -2.26. The Balaban J connectivity index is 1.80. The van der Waals surface area contributed by atoms with Crippen molar-refractivity contribution >= 4 is 17.2 Å². The summed E-state index contributed by atoms with van der Waals surface area (Å²) < 4.78 is 5.48. The molecule has 0 fully saturated rings. The van der Waals surface area contributed by atoms with E-state index in [2.05, 4.69) is 11.4 Å². The molecule has 0 bridgehead atoms. The van der Waals surface area contributed by atoms with Crippen molar-refractivity contribution in [1.82, 2.24) is 5.32 Å². The van der Waals surface area contributed by atoms with Crippen molar-refractivity contribution in [3.8, 4) is 0 Å². The lowest BCUT2D eigenvalue weighted by Gasteiger charge is -2.11. The number of nitrogens with one attached hydrogen (secondary N) is 1. The van der Waals surface area contributed by atoms with Crippen LogP contribution in [0.3, 0.4) is 0 Å². The molecular weight excluding hydrogens is 246 g/mol. The van der Waals surface area contributed by atoms with Crippen LogP contribution in [-0.4, -0.2) is 5.91 Å². The molecule has 0 spiro atoms. The van der Waals surface area contributed by atoms with Crippen molar-refractivity contribution in [3.05, 3.63) is 46.0 Å². The molecule has 4 heteroatoms. The lowest BCUT2D eigenvalue weighted by molar-refractivity contribution is -0.121. The zero-order valence-electron chi connectivity index (χ0n) is 10.6. The number of amides is 1. The predicted octanol–water partition coefficient (Wildman–Crippen LogP) is 3.46. The zero-order valence-corrected chi connectivity index (χ0v) is 11.4. The monoisotopic (exact) mass is 263 g/mol. The van der Waals surface area contributed by atoms with Gasteiger partial charge in [-0.05, 0) is 43.8 Å². The molecule has 0 radical (unpaired) electrons. The lowest BCUT2D eigenvalue weighted by atomic mass is 10.2. The van der Waals surface area contributed by atoms with Gasteiger partial charge in [0.25, 0.3) is 0 Å². The topological polar surface area (TPSA) is 42.2 Å². The summed E-state index contributed by atoms with van der Waals surface area (Å²) in [4.78, 5) is 13.0. The molecule has 0 aliphatic carbocycles. The summed E-state index contributed by atoms with van der Waals surface area (Å²) in [6.07, 6.45) is 1.32. The van der Waals surface area contributed by atoms with Crippen LogP contribution in [0.1, 0.15) is 35.8 Å². The fourth-order valence-electron chi connectivity index (χ4n) is 1.76. The van der Waals surface area contributed by atoms with Crippen LogP contribution in [0.15, 0.2) is 34.1 Å². The Kier molecular flexibility index (Phi) is 4.20. The van der Waals surface area contributed by atoms with Crippen molar-refractivity contribution in [2.24, 2.45) is 0 Å². The molecule has 18 heavy (non-hydrogen) atoms. The van der Waals surface area contributed by atoms with Gasteiger partial charge in [-0.1, -0.05) is 6.07 Å². The van der Waals surface area contributed by atoms with Crippen molar-refractivity contribution in [2.45, 2.75) is 32.7 Å². The summed E-state index contributed by atoms with van der Waals surface area (Å²) in [7, 11) is 0. The molecule has 0 unspecified atom stereocenters. The maximum atomic E-state index is 11.8. The van der Waals surface area contributed by atoms with Crippen LogP contribution in [0, 0.1) is 6.92 Å². The number of carbonyl (C=O) groups excluding carboxylic acids is 1. The summed E-state index contributed by atoms with van der Waals surface area (Å²) in [5, 5.41) is 4.97. The van der Waals surface area contributed by atoms with Crippen LogP contribution in [0.5, 0.6) is 0 Å². The third-order valence-corrected chi connectivity index (χ3v) is 3.68. The van der Waals surface area contributed by atoms with Gasteiger partial charge in [-0.3, -0.25) is 4.79 Å². The third kappa shape index (κ3) is 3.47. The maximum absolute atomic E-state index is 11.8. The van der Waals surface area contributed by atoms with Gasteiger partial charge in [-0.25, -0.2) is 0 Å². The second kappa shape index (κ2) is 5.87. The van der Waals surface area contributed by atoms with E-state index in [1.54, 1.807) is 11.3 Å². The average molecular weight is 263 g/mol. The standard InChI is InChI=1S/C14H17NO2S/c1-10-5-7-13(17-10)11(2)15-14(16)8-6-12-4-3-9-18-12/h3-5,7,9,11H,6,8H2,1-2H3,(H,15,16)/t11-/m0/s1. The molecule has 2 rings (SSSR count). The third-order valence-electron chi connectivity index (χ3n) is 2.74. The fraction of sp³-hybridized carbons (Fsp3) is 0.357. The largest absolute Gasteiger partial charge is 0.464 e. The molecule has 2 aromatic rings. The molecule has 0 aliphatic rings. The minimum absolute atomic E-state index is 0.0601. The minimum Gasteiger partial charge on any atom is -0.464 e. The fourth-order valence-corrected chi connectivity index (χ4v) is 2.47. The number of hydrogen-bond donors (Lipinski definition) is 1. The second-order valence-electron chi connectivity index (χ2n) is 4.32. The summed E-state index contributed by atoms with van der Waals surface area (Å²) in [5.74, 6) is 1.73. The highest BCUT2D eigenvalue weighted by atomic mass is 32.1. The Morgan fingerprint density at radius 1 is 1.44 bits per heavy atom. The van der Waals surface area contributed by atoms with Crippen molar-refractivity contribution < 1.29 is 9.21 Å². The van der Waals surface area contributed by atoms with E-state index in [1.807, 2.05) is 37.4 Å². The first kappa shape index (κ1) is 12.9. The Morgan fingerprint density at radius 3 is 2.89 bits per heavy atom. The molecular formula is C14H17NO2S. The van der Waals surface area contributed by atoms with Crippen molar-refractivity contribution in [1.29, 1.82) is 0 Å². The summed E-state index contributed by atoms with van der Waals surface area (Å²) in [6.45, 7) is 3.83. The molecule has 96 valence electrons. The van der Waals surface area contributed by atoms with E-state index in [4.69, 9.17) is 4.42 Å². The first-order valence-electron chi connectivity index (χ1n) is 6.03. The normalized spacial score (nSPS) is 12.3. The van der Waals surface area contributed by atoms with Crippen molar-refractivity contribution in [3.63, 3.8) is 0 Å². The van der Waals surface area contributed by atoms with Gasteiger partial charge in [-0.15, -0.1) is 11.3 Å². The first-order valence-corrected chi connectivity index (χ1v) is 6.91. The average Bonchev–Trinajstić information content (AvgIpc) is 2.97. The van der Waals surface area contributed by atoms with Gasteiger partial charge in [0, 0.05) is 11.3 Å². The molecule has 0 aromatic carbocycles. The van der Waals surface area contributed by atoms with E-state index in [1.165, 1.54) is 4.88 Å². The van der Waals surface area contributed by atoms with Gasteiger partial charge in [0.2, 0.25) is 5.91 Å². The molecule has 1 atom stereocenters. The molecule has 3 nitrogen and oxygen atoms in total. The Hall–Kier alpha value is -1.55. The molecule has 0 saturated heterocycles. The van der Waals surface area contributed by atoms with Gasteiger partial charge in [-0.2, -0.15) is 0 Å². The number of thiophene rings is 1. The zero-order chi connectivity index (χ0) is 13.0. The van der Waals surface area contributed by atoms with Crippen LogP contribution >= 0.6 is 11.3 Å². The number of aryl methyl sites for hydroxylation is 2. The SMILES string of the molecule is Cc1ccc([C@H](C)NC(=O)CCc2cccs2)o1. The first-order chi connectivity index (χ1) is 8.65. The Labute approximate surface area is 111 Å². The van der Waals surface area contributed by atoms with Gasteiger partial charge in [0.1, 0.15) is 11.5 Å². The van der Waals surface area contributed by atoms with Crippen LogP contribution in [0.2, 0.25) is 0 Å².